The number of nitrogens with one attached hydrogen (secondary N) is 1. The first-order valence-corrected chi connectivity index (χ1v) is 16.5. The third-order valence-electron chi connectivity index (χ3n) is 9.34. The summed E-state index contributed by atoms with van der Waals surface area (Å²) in [7, 11) is -0.923. The summed E-state index contributed by atoms with van der Waals surface area (Å²) in [5, 5.41) is 3.98. The van der Waals surface area contributed by atoms with Crippen molar-refractivity contribution in [1.82, 2.24) is 5.32 Å². The van der Waals surface area contributed by atoms with Gasteiger partial charge in [-0.2, -0.15) is 8.78 Å². The molecule has 1 heterocycles. The van der Waals surface area contributed by atoms with Crippen LogP contribution in [-0.4, -0.2) is 52.3 Å². The molecule has 0 amide bonds. The first kappa shape index (κ1) is 28.6. The second-order valence-electron chi connectivity index (χ2n) is 12.5. The Labute approximate surface area is 223 Å². The van der Waals surface area contributed by atoms with Gasteiger partial charge in [-0.05, 0) is 60.9 Å². The maximum atomic E-state index is 15.2. The molecule has 0 radical (unpaired) electrons. The zero-order valence-electron chi connectivity index (χ0n) is 23.9. The van der Waals surface area contributed by atoms with E-state index in [9.17, 15) is 0 Å². The summed E-state index contributed by atoms with van der Waals surface area (Å²) in [6, 6.07) is 6.36. The number of alkyl halides is 2. The van der Waals surface area contributed by atoms with Crippen LogP contribution < -0.4 is 19.7 Å². The van der Waals surface area contributed by atoms with Crippen molar-refractivity contribution in [3.05, 3.63) is 18.2 Å². The third kappa shape index (κ3) is 5.67. The first-order chi connectivity index (χ1) is 17.4. The maximum absolute atomic E-state index is 15.2. The fourth-order valence-electron chi connectivity index (χ4n) is 7.54. The van der Waals surface area contributed by atoms with Crippen molar-refractivity contribution in [2.75, 3.05) is 25.2 Å². The lowest BCUT2D eigenvalue weighted by atomic mass is 9.71. The van der Waals surface area contributed by atoms with Crippen molar-refractivity contribution >= 4 is 14.0 Å². The van der Waals surface area contributed by atoms with Crippen LogP contribution in [0.1, 0.15) is 86.5 Å². The van der Waals surface area contributed by atoms with Crippen LogP contribution in [0, 0.1) is 0 Å². The Morgan fingerprint density at radius 1 is 1.00 bits per heavy atom. The summed E-state index contributed by atoms with van der Waals surface area (Å²) in [4.78, 5) is 2.50. The quantitative estimate of drug-likeness (QED) is 0.312. The lowest BCUT2D eigenvalue weighted by Crippen LogP contribution is -2.72. The molecule has 2 aliphatic carbocycles. The summed E-state index contributed by atoms with van der Waals surface area (Å²) >= 11 is 0. The monoisotopic (exact) mass is 538 g/mol. The van der Waals surface area contributed by atoms with E-state index < -0.39 is 21.0 Å². The van der Waals surface area contributed by atoms with Crippen molar-refractivity contribution in [2.45, 2.75) is 127 Å². The summed E-state index contributed by atoms with van der Waals surface area (Å²) in [5.41, 5.74) is 1.88. The Bertz CT molecular complexity index is 901. The van der Waals surface area contributed by atoms with E-state index in [0.717, 1.165) is 18.7 Å². The van der Waals surface area contributed by atoms with Gasteiger partial charge in [0.15, 0.2) is 11.5 Å². The summed E-state index contributed by atoms with van der Waals surface area (Å²) in [6.07, 6.45) is 5.05. The number of ether oxygens (including phenoxy) is 2. The van der Waals surface area contributed by atoms with Gasteiger partial charge in [0.05, 0.1) is 7.11 Å². The van der Waals surface area contributed by atoms with Crippen LogP contribution >= 0.6 is 0 Å². The van der Waals surface area contributed by atoms with Gasteiger partial charge in [-0.1, -0.05) is 54.4 Å². The van der Waals surface area contributed by atoms with E-state index in [1.165, 1.54) is 45.6 Å². The van der Waals surface area contributed by atoms with Gasteiger partial charge in [-0.3, -0.25) is 0 Å². The second-order valence-corrected chi connectivity index (χ2v) is 18.0. The molecule has 2 atom stereocenters. The number of methoxy groups -OCH3 is 1. The molecular weight excluding hydrogens is 490 g/mol. The number of nitrogens with zero attached hydrogens (tertiary/aromatic N) is 1. The minimum atomic E-state index is -3.45. The summed E-state index contributed by atoms with van der Waals surface area (Å²) in [6.45, 7) is 12.8. The van der Waals surface area contributed by atoms with Crippen molar-refractivity contribution in [3.8, 4) is 11.5 Å². The van der Waals surface area contributed by atoms with E-state index >= 15 is 8.78 Å². The van der Waals surface area contributed by atoms with E-state index in [0.29, 0.717) is 17.8 Å². The smallest absolute Gasteiger partial charge is 0.420 e. The predicted molar refractivity (Wildman–Crippen MR) is 149 cm³/mol. The van der Waals surface area contributed by atoms with Gasteiger partial charge < -0.3 is 24.1 Å². The van der Waals surface area contributed by atoms with Crippen LogP contribution in [0.2, 0.25) is 16.6 Å². The summed E-state index contributed by atoms with van der Waals surface area (Å²) < 4.78 is 47.4. The number of piperazine rings is 1. The molecule has 2 saturated carbocycles. The molecule has 37 heavy (non-hydrogen) atoms. The van der Waals surface area contributed by atoms with Gasteiger partial charge in [0.25, 0.3) is 0 Å². The number of benzene rings is 1. The Kier molecular flexibility index (Phi) is 8.51. The molecular formula is C29H48F2N2O3Si. The topological polar surface area (TPSA) is 43.0 Å². The highest BCUT2D eigenvalue weighted by Crippen LogP contribution is 2.45. The average Bonchev–Trinajstić information content (AvgIpc) is 2.82. The molecule has 4 rings (SSSR count). The van der Waals surface area contributed by atoms with E-state index in [-0.39, 0.29) is 27.9 Å². The van der Waals surface area contributed by atoms with Crippen molar-refractivity contribution in [1.29, 1.82) is 0 Å². The maximum Gasteiger partial charge on any atom is 0.420 e. The van der Waals surface area contributed by atoms with E-state index in [4.69, 9.17) is 13.9 Å². The average molecular weight is 539 g/mol. The van der Waals surface area contributed by atoms with Gasteiger partial charge in [-0.25, -0.2) is 0 Å². The number of hydrogen-bond acceptors (Lipinski definition) is 5. The predicted octanol–water partition coefficient (Wildman–Crippen LogP) is 7.50. The first-order valence-electron chi connectivity index (χ1n) is 14.4. The van der Waals surface area contributed by atoms with Gasteiger partial charge in [-0.15, -0.1) is 0 Å². The molecule has 210 valence electrons. The van der Waals surface area contributed by atoms with Crippen LogP contribution in [-0.2, 0) is 4.43 Å². The molecule has 3 aliphatic rings. The van der Waals surface area contributed by atoms with Gasteiger partial charge in [0.2, 0.25) is 8.32 Å². The van der Waals surface area contributed by atoms with Gasteiger partial charge in [0, 0.05) is 35.9 Å². The highest BCUT2D eigenvalue weighted by atomic mass is 28.4. The van der Waals surface area contributed by atoms with E-state index in [2.05, 4.69) is 51.8 Å². The highest BCUT2D eigenvalue weighted by Gasteiger charge is 2.49. The van der Waals surface area contributed by atoms with E-state index in [1.54, 1.807) is 6.07 Å². The Morgan fingerprint density at radius 2 is 1.65 bits per heavy atom. The molecule has 1 N–H and O–H groups in total. The number of fused-ring (bicyclic) bond motifs is 1. The minimum absolute atomic E-state index is 0.0550. The van der Waals surface area contributed by atoms with Crippen molar-refractivity contribution < 1.29 is 22.7 Å². The lowest BCUT2D eigenvalue weighted by molar-refractivity contribution is -0.198. The Hall–Kier alpha value is -1.38. The van der Waals surface area contributed by atoms with E-state index in [1.807, 2.05) is 12.1 Å². The molecule has 1 aromatic rings. The Balaban J connectivity index is 1.52. The van der Waals surface area contributed by atoms with Crippen molar-refractivity contribution in [2.24, 2.45) is 0 Å². The lowest BCUT2D eigenvalue weighted by Gasteiger charge is -2.58. The molecule has 5 nitrogen and oxygen atoms in total. The molecule has 1 spiro atoms. The molecule has 0 bridgehead atoms. The second kappa shape index (κ2) is 11.0. The van der Waals surface area contributed by atoms with Crippen LogP contribution in [0.25, 0.3) is 0 Å². The number of rotatable bonds is 10. The molecule has 0 aromatic heterocycles. The molecule has 8 heteroatoms. The molecule has 0 unspecified atom stereocenters. The number of hydrogen-bond donors (Lipinski definition) is 1. The standard InChI is InChI=1S/C29H48F2N2O3Si/c1-20(2)37(21(3)4,22(5)6)35-19-29(30,31)36-26-14-13-23(17-27(26)34-7)33-18-28(15-10-16-28)32-24-11-8-9-12-25(24)33/h13-14,17,20-22,24-25,32H,8-12,15-16,18-19H2,1-7H3/t24-,25-/m0/s1. The fraction of sp³-hybridized carbons (Fsp3) is 0.793. The largest absolute Gasteiger partial charge is 0.493 e. The van der Waals surface area contributed by atoms with Gasteiger partial charge in [0.1, 0.15) is 6.61 Å². The summed E-state index contributed by atoms with van der Waals surface area (Å²) in [5.74, 6) is 0.394. The SMILES string of the molecule is COc1cc(N2CC3(CCC3)N[C@H]3CCCC[C@@H]32)ccc1OC(F)(F)CO[Si](C(C)C)(C(C)C)C(C)C. The number of anilines is 1. The fourth-order valence-corrected chi connectivity index (χ4v) is 13.0. The minimum Gasteiger partial charge on any atom is -0.493 e. The molecule has 1 aromatic carbocycles. The van der Waals surface area contributed by atoms with Crippen LogP contribution in [0.15, 0.2) is 18.2 Å². The molecule has 1 saturated heterocycles. The zero-order valence-corrected chi connectivity index (χ0v) is 24.9. The zero-order chi connectivity index (χ0) is 27.0. The number of halogens is 2. The van der Waals surface area contributed by atoms with Crippen LogP contribution in [0.3, 0.4) is 0 Å². The van der Waals surface area contributed by atoms with Crippen LogP contribution in [0.4, 0.5) is 14.5 Å². The van der Waals surface area contributed by atoms with Crippen molar-refractivity contribution in [3.63, 3.8) is 0 Å². The molecule has 3 fully saturated rings. The molecule has 1 aliphatic heterocycles. The normalized spacial score (nSPS) is 23.9. The Morgan fingerprint density at radius 3 is 2.22 bits per heavy atom. The third-order valence-corrected chi connectivity index (χ3v) is 15.4. The van der Waals surface area contributed by atoms with Gasteiger partial charge >= 0.3 is 6.11 Å². The van der Waals surface area contributed by atoms with Crippen LogP contribution in [0.5, 0.6) is 11.5 Å². The highest BCUT2D eigenvalue weighted by molar-refractivity contribution is 6.77.